The van der Waals surface area contributed by atoms with Gasteiger partial charge in [-0.25, -0.2) is 0 Å². The molecule has 90 valence electrons. The molecule has 1 atom stereocenters. The molecule has 0 heterocycles. The third kappa shape index (κ3) is 3.42. The van der Waals surface area contributed by atoms with Gasteiger partial charge in [-0.15, -0.1) is 0 Å². The van der Waals surface area contributed by atoms with Crippen molar-refractivity contribution in [1.82, 2.24) is 0 Å². The predicted octanol–water partition coefficient (Wildman–Crippen LogP) is 2.37. The number of hydrogen-bond acceptors (Lipinski definition) is 3. The third-order valence-electron chi connectivity index (χ3n) is 2.43. The first-order valence-electron chi connectivity index (χ1n) is 5.73. The van der Waals surface area contributed by atoms with Crippen molar-refractivity contribution in [3.05, 3.63) is 23.8 Å². The van der Waals surface area contributed by atoms with Crippen molar-refractivity contribution in [3.63, 3.8) is 0 Å². The second kappa shape index (κ2) is 6.38. The number of aryl methyl sites for hydroxylation is 1. The molecule has 0 aliphatic rings. The van der Waals surface area contributed by atoms with Crippen LogP contribution in [-0.2, 0) is 6.42 Å². The molecular formula is C13H21NO2. The van der Waals surface area contributed by atoms with Gasteiger partial charge in [0.25, 0.3) is 0 Å². The lowest BCUT2D eigenvalue weighted by molar-refractivity contribution is 0.309. The lowest BCUT2D eigenvalue weighted by Crippen LogP contribution is -2.15. The quantitative estimate of drug-likeness (QED) is 0.805. The van der Waals surface area contributed by atoms with E-state index in [-0.39, 0.29) is 6.04 Å². The van der Waals surface area contributed by atoms with E-state index >= 15 is 0 Å². The molecule has 2 N–H and O–H groups in total. The second-order valence-corrected chi connectivity index (χ2v) is 3.90. The van der Waals surface area contributed by atoms with E-state index in [1.54, 1.807) is 7.11 Å². The lowest BCUT2D eigenvalue weighted by Gasteiger charge is -2.14. The molecule has 0 aromatic heterocycles. The fraction of sp³-hybridized carbons (Fsp3) is 0.538. The zero-order chi connectivity index (χ0) is 12.0. The van der Waals surface area contributed by atoms with Crippen LogP contribution in [0.15, 0.2) is 18.2 Å². The fourth-order valence-corrected chi connectivity index (χ4v) is 1.64. The Bertz CT molecular complexity index is 324. The van der Waals surface area contributed by atoms with Crippen LogP contribution in [0.25, 0.3) is 0 Å². The Morgan fingerprint density at radius 2 is 2.12 bits per heavy atom. The minimum Gasteiger partial charge on any atom is -0.493 e. The number of rotatable bonds is 6. The Kier molecular flexibility index (Phi) is 5.12. The van der Waals surface area contributed by atoms with Crippen molar-refractivity contribution >= 4 is 0 Å². The van der Waals surface area contributed by atoms with Gasteiger partial charge in [0.1, 0.15) is 0 Å². The summed E-state index contributed by atoms with van der Waals surface area (Å²) in [5, 5.41) is 0. The minimum absolute atomic E-state index is 0.209. The predicted molar refractivity (Wildman–Crippen MR) is 66.1 cm³/mol. The molecule has 0 aliphatic heterocycles. The fourth-order valence-electron chi connectivity index (χ4n) is 1.64. The molecule has 3 heteroatoms. The summed E-state index contributed by atoms with van der Waals surface area (Å²) in [4.78, 5) is 0. The molecule has 0 unspecified atom stereocenters. The van der Waals surface area contributed by atoms with Gasteiger partial charge >= 0.3 is 0 Å². The van der Waals surface area contributed by atoms with Crippen LogP contribution >= 0.6 is 0 Å². The molecule has 0 fully saturated rings. The smallest absolute Gasteiger partial charge is 0.163 e. The first-order chi connectivity index (χ1) is 7.69. The maximum atomic E-state index is 5.76. The van der Waals surface area contributed by atoms with Gasteiger partial charge in [0.2, 0.25) is 0 Å². The zero-order valence-corrected chi connectivity index (χ0v) is 10.3. The molecule has 0 bridgehead atoms. The maximum Gasteiger partial charge on any atom is 0.163 e. The van der Waals surface area contributed by atoms with Crippen molar-refractivity contribution in [3.8, 4) is 11.5 Å². The molecule has 0 amide bonds. The Morgan fingerprint density at radius 3 is 2.69 bits per heavy atom. The van der Waals surface area contributed by atoms with Gasteiger partial charge in [0, 0.05) is 6.04 Å². The summed E-state index contributed by atoms with van der Waals surface area (Å²) in [5.74, 6) is 1.65. The average Bonchev–Trinajstić information content (AvgIpc) is 2.27. The normalized spacial score (nSPS) is 12.2. The standard InChI is InChI=1S/C13H21NO2/c1-4-16-12-7-5-6-11(13(12)15-3)9-8-10(2)14/h5-7,10H,4,8-9,14H2,1-3H3/t10-/m1/s1. The van der Waals surface area contributed by atoms with E-state index in [0.29, 0.717) is 6.61 Å². The SMILES string of the molecule is CCOc1cccc(CC[C@@H](C)N)c1OC. The molecule has 16 heavy (non-hydrogen) atoms. The van der Waals surface area contributed by atoms with Crippen molar-refractivity contribution in [1.29, 1.82) is 0 Å². The van der Waals surface area contributed by atoms with Crippen LogP contribution in [-0.4, -0.2) is 19.8 Å². The number of para-hydroxylation sites is 1. The molecular weight excluding hydrogens is 202 g/mol. The van der Waals surface area contributed by atoms with Gasteiger partial charge in [-0.05, 0) is 38.3 Å². The molecule has 1 aromatic carbocycles. The number of benzene rings is 1. The van der Waals surface area contributed by atoms with Gasteiger partial charge < -0.3 is 15.2 Å². The van der Waals surface area contributed by atoms with Crippen LogP contribution in [0.5, 0.6) is 11.5 Å². The van der Waals surface area contributed by atoms with Gasteiger partial charge in [0.15, 0.2) is 11.5 Å². The summed E-state index contributed by atoms with van der Waals surface area (Å²) < 4.78 is 10.9. The van der Waals surface area contributed by atoms with E-state index < -0.39 is 0 Å². The van der Waals surface area contributed by atoms with Gasteiger partial charge in [-0.1, -0.05) is 12.1 Å². The van der Waals surface area contributed by atoms with Crippen molar-refractivity contribution in [2.75, 3.05) is 13.7 Å². The number of nitrogens with two attached hydrogens (primary N) is 1. The minimum atomic E-state index is 0.209. The highest BCUT2D eigenvalue weighted by Crippen LogP contribution is 2.31. The molecule has 0 saturated carbocycles. The van der Waals surface area contributed by atoms with Crippen LogP contribution in [0.1, 0.15) is 25.8 Å². The van der Waals surface area contributed by atoms with E-state index in [9.17, 15) is 0 Å². The van der Waals surface area contributed by atoms with Crippen LogP contribution in [0.4, 0.5) is 0 Å². The lowest BCUT2D eigenvalue weighted by atomic mass is 10.1. The van der Waals surface area contributed by atoms with Gasteiger partial charge in [-0.3, -0.25) is 0 Å². The first kappa shape index (κ1) is 12.8. The molecule has 0 spiro atoms. The second-order valence-electron chi connectivity index (χ2n) is 3.90. The monoisotopic (exact) mass is 223 g/mol. The highest BCUT2D eigenvalue weighted by molar-refractivity contribution is 5.46. The third-order valence-corrected chi connectivity index (χ3v) is 2.43. The molecule has 3 nitrogen and oxygen atoms in total. The summed E-state index contributed by atoms with van der Waals surface area (Å²) >= 11 is 0. The number of ether oxygens (including phenoxy) is 2. The highest BCUT2D eigenvalue weighted by atomic mass is 16.5. The Morgan fingerprint density at radius 1 is 1.38 bits per heavy atom. The summed E-state index contributed by atoms with van der Waals surface area (Å²) in [5.41, 5.74) is 6.91. The van der Waals surface area contributed by atoms with Crippen molar-refractivity contribution < 1.29 is 9.47 Å². The van der Waals surface area contributed by atoms with Crippen LogP contribution in [0.2, 0.25) is 0 Å². The van der Waals surface area contributed by atoms with E-state index in [0.717, 1.165) is 29.9 Å². The summed E-state index contributed by atoms with van der Waals surface area (Å²) in [6.45, 7) is 4.63. The van der Waals surface area contributed by atoms with Crippen LogP contribution in [0.3, 0.4) is 0 Å². The molecule has 0 aliphatic carbocycles. The van der Waals surface area contributed by atoms with Crippen molar-refractivity contribution in [2.24, 2.45) is 5.73 Å². The van der Waals surface area contributed by atoms with Crippen LogP contribution < -0.4 is 15.2 Å². The summed E-state index contributed by atoms with van der Waals surface area (Å²) in [6, 6.07) is 6.19. The van der Waals surface area contributed by atoms with Crippen LogP contribution in [0, 0.1) is 0 Å². The summed E-state index contributed by atoms with van der Waals surface area (Å²) in [6.07, 6.45) is 1.87. The maximum absolute atomic E-state index is 5.76. The highest BCUT2D eigenvalue weighted by Gasteiger charge is 2.09. The van der Waals surface area contributed by atoms with E-state index in [1.807, 2.05) is 26.0 Å². The van der Waals surface area contributed by atoms with E-state index in [2.05, 4.69) is 6.07 Å². The Hall–Kier alpha value is -1.22. The van der Waals surface area contributed by atoms with Gasteiger partial charge in [-0.2, -0.15) is 0 Å². The molecule has 0 saturated heterocycles. The largest absolute Gasteiger partial charge is 0.493 e. The van der Waals surface area contributed by atoms with E-state index in [1.165, 1.54) is 0 Å². The average molecular weight is 223 g/mol. The molecule has 1 rings (SSSR count). The zero-order valence-electron chi connectivity index (χ0n) is 10.3. The summed E-state index contributed by atoms with van der Waals surface area (Å²) in [7, 11) is 1.67. The van der Waals surface area contributed by atoms with E-state index in [4.69, 9.17) is 15.2 Å². The Labute approximate surface area is 97.6 Å². The molecule has 0 radical (unpaired) electrons. The first-order valence-corrected chi connectivity index (χ1v) is 5.73. The molecule has 1 aromatic rings. The topological polar surface area (TPSA) is 44.5 Å². The van der Waals surface area contributed by atoms with Gasteiger partial charge in [0.05, 0.1) is 13.7 Å². The van der Waals surface area contributed by atoms with Crippen molar-refractivity contribution in [2.45, 2.75) is 32.7 Å². The number of hydrogen-bond donors (Lipinski definition) is 1. The number of methoxy groups -OCH3 is 1. The Balaban J connectivity index is 2.85.